The monoisotopic (exact) mass is 369 g/mol. The van der Waals surface area contributed by atoms with E-state index in [4.69, 9.17) is 26.8 Å². The first kappa shape index (κ1) is 19.8. The molecule has 1 unspecified atom stereocenters. The van der Waals surface area contributed by atoms with Crippen LogP contribution in [0.15, 0.2) is 12.1 Å². The largest absolute Gasteiger partial charge is 0.493 e. The Hall–Kier alpha value is -1.50. The predicted octanol–water partition coefficient (Wildman–Crippen LogP) is 2.18. The molecule has 1 aromatic carbocycles. The van der Waals surface area contributed by atoms with Crippen LogP contribution in [0, 0.1) is 0 Å². The molecule has 1 fully saturated rings. The Labute approximate surface area is 154 Å². The number of nitrogens with two attached hydrogens (primary N) is 1. The highest BCUT2D eigenvalue weighted by Gasteiger charge is 2.20. The number of piperidine rings is 1. The number of hydrogen-bond donors (Lipinski definition) is 2. The summed E-state index contributed by atoms with van der Waals surface area (Å²) in [6, 6.07) is 4.29. The second kappa shape index (κ2) is 9.85. The van der Waals surface area contributed by atoms with Gasteiger partial charge in [-0.15, -0.1) is 0 Å². The summed E-state index contributed by atoms with van der Waals surface area (Å²) in [5, 5.41) is 3.92. The number of ether oxygens (including phenoxy) is 2. The van der Waals surface area contributed by atoms with Crippen molar-refractivity contribution in [1.82, 2.24) is 10.2 Å². The van der Waals surface area contributed by atoms with Gasteiger partial charge in [0.2, 0.25) is 0 Å². The van der Waals surface area contributed by atoms with Gasteiger partial charge in [0.25, 0.3) is 5.91 Å². The molecule has 140 valence electrons. The summed E-state index contributed by atoms with van der Waals surface area (Å²) in [6.45, 7) is 5.91. The van der Waals surface area contributed by atoms with Crippen molar-refractivity contribution >= 4 is 17.5 Å². The molecule has 1 amide bonds. The predicted molar refractivity (Wildman–Crippen MR) is 99.3 cm³/mol. The van der Waals surface area contributed by atoms with Gasteiger partial charge >= 0.3 is 0 Å². The molecular weight excluding hydrogens is 342 g/mol. The molecule has 0 aromatic heterocycles. The van der Waals surface area contributed by atoms with Crippen molar-refractivity contribution in [3.05, 3.63) is 22.7 Å². The third kappa shape index (κ3) is 5.76. The van der Waals surface area contributed by atoms with E-state index in [9.17, 15) is 4.79 Å². The Bertz CT molecular complexity index is 583. The lowest BCUT2D eigenvalue weighted by atomic mass is 10.0. The fourth-order valence-corrected chi connectivity index (χ4v) is 3.54. The van der Waals surface area contributed by atoms with Gasteiger partial charge in [0.05, 0.1) is 12.1 Å². The van der Waals surface area contributed by atoms with Crippen molar-refractivity contribution in [2.75, 3.05) is 33.4 Å². The van der Waals surface area contributed by atoms with Gasteiger partial charge in [-0.2, -0.15) is 0 Å². The molecule has 0 radical (unpaired) electrons. The zero-order valence-electron chi connectivity index (χ0n) is 15.0. The van der Waals surface area contributed by atoms with Gasteiger partial charge in [0.15, 0.2) is 18.1 Å². The van der Waals surface area contributed by atoms with Gasteiger partial charge in [0, 0.05) is 19.1 Å². The molecule has 1 aliphatic heterocycles. The number of hydrogen-bond acceptors (Lipinski definition) is 5. The molecular formula is C18H28ClN3O3. The van der Waals surface area contributed by atoms with Crippen molar-refractivity contribution in [2.24, 2.45) is 5.73 Å². The van der Waals surface area contributed by atoms with E-state index in [1.165, 1.54) is 25.8 Å². The number of nitrogens with one attached hydrogen (secondary N) is 1. The summed E-state index contributed by atoms with van der Waals surface area (Å²) in [7, 11) is 1.54. The average Bonchev–Trinajstić information content (AvgIpc) is 2.60. The molecule has 25 heavy (non-hydrogen) atoms. The summed E-state index contributed by atoms with van der Waals surface area (Å²) in [5.74, 6) is 0.284. The maximum Gasteiger partial charge on any atom is 0.255 e. The zero-order chi connectivity index (χ0) is 18.2. The topological polar surface area (TPSA) is 76.8 Å². The Morgan fingerprint density at radius 2 is 2.24 bits per heavy atom. The molecule has 1 aliphatic rings. The summed E-state index contributed by atoms with van der Waals surface area (Å²) >= 11 is 6.28. The van der Waals surface area contributed by atoms with Gasteiger partial charge in [-0.05, 0) is 43.6 Å². The number of methoxy groups -OCH3 is 1. The molecule has 0 saturated carbocycles. The lowest BCUT2D eigenvalue weighted by Crippen LogP contribution is -2.45. The van der Waals surface area contributed by atoms with Crippen LogP contribution in [0.4, 0.5) is 0 Å². The van der Waals surface area contributed by atoms with Gasteiger partial charge in [0.1, 0.15) is 0 Å². The zero-order valence-corrected chi connectivity index (χ0v) is 15.8. The second-order valence-corrected chi connectivity index (χ2v) is 6.68. The lowest BCUT2D eigenvalue weighted by Gasteiger charge is -2.35. The molecule has 1 atom stereocenters. The Balaban J connectivity index is 1.95. The van der Waals surface area contributed by atoms with E-state index in [0.717, 1.165) is 18.7 Å². The van der Waals surface area contributed by atoms with Crippen LogP contribution in [0.2, 0.25) is 5.02 Å². The number of nitrogens with zero attached hydrogens (tertiary/aromatic N) is 1. The molecule has 1 aromatic rings. The van der Waals surface area contributed by atoms with Crippen LogP contribution in [-0.2, 0) is 11.3 Å². The van der Waals surface area contributed by atoms with Crippen LogP contribution in [0.5, 0.6) is 11.5 Å². The second-order valence-electron chi connectivity index (χ2n) is 6.27. The van der Waals surface area contributed by atoms with Crippen molar-refractivity contribution in [3.8, 4) is 11.5 Å². The van der Waals surface area contributed by atoms with Crippen LogP contribution in [0.25, 0.3) is 0 Å². The summed E-state index contributed by atoms with van der Waals surface area (Å²) in [4.78, 5) is 13.4. The van der Waals surface area contributed by atoms with E-state index in [-0.39, 0.29) is 6.61 Å². The number of primary amides is 1. The molecule has 3 N–H and O–H groups in total. The Kier molecular flexibility index (Phi) is 7.81. The van der Waals surface area contributed by atoms with Crippen LogP contribution in [-0.4, -0.2) is 50.2 Å². The first-order valence-corrected chi connectivity index (χ1v) is 9.15. The molecule has 1 heterocycles. The maximum absolute atomic E-state index is 10.9. The normalized spacial score (nSPS) is 18.1. The van der Waals surface area contributed by atoms with E-state index in [1.54, 1.807) is 7.11 Å². The van der Waals surface area contributed by atoms with Gasteiger partial charge in [-0.25, -0.2) is 0 Å². The smallest absolute Gasteiger partial charge is 0.255 e. The number of likely N-dealkylation sites (N-methyl/N-ethyl adjacent to an activating group) is 1. The van der Waals surface area contributed by atoms with E-state index in [1.807, 2.05) is 12.1 Å². The number of likely N-dealkylation sites (tertiary alicyclic amines) is 1. The standard InChI is InChI=1S/C18H28ClN3O3/c1-3-22-7-5-4-6-14(22)11-21-10-13-8-15(19)18(16(9-13)24-2)25-12-17(20)23/h8-9,14,21H,3-7,10-12H2,1-2H3,(H2,20,23). The van der Waals surface area contributed by atoms with Crippen LogP contribution in [0.3, 0.4) is 0 Å². The first-order chi connectivity index (χ1) is 12.0. The summed E-state index contributed by atoms with van der Waals surface area (Å²) < 4.78 is 10.7. The van der Waals surface area contributed by atoms with Crippen LogP contribution >= 0.6 is 11.6 Å². The third-order valence-electron chi connectivity index (χ3n) is 4.51. The van der Waals surface area contributed by atoms with Crippen molar-refractivity contribution in [3.63, 3.8) is 0 Å². The molecule has 0 aliphatic carbocycles. The SMILES string of the molecule is CCN1CCCCC1CNCc1cc(Cl)c(OCC(N)=O)c(OC)c1. The van der Waals surface area contributed by atoms with E-state index >= 15 is 0 Å². The fourth-order valence-electron chi connectivity index (χ4n) is 3.25. The van der Waals surface area contributed by atoms with Crippen LogP contribution in [0.1, 0.15) is 31.7 Å². The molecule has 2 rings (SSSR count). The molecule has 1 saturated heterocycles. The minimum atomic E-state index is -0.558. The van der Waals surface area contributed by atoms with Crippen molar-refractivity contribution in [1.29, 1.82) is 0 Å². The van der Waals surface area contributed by atoms with E-state index in [2.05, 4.69) is 17.1 Å². The maximum atomic E-state index is 10.9. The number of rotatable bonds is 9. The van der Waals surface area contributed by atoms with Crippen molar-refractivity contribution < 1.29 is 14.3 Å². The third-order valence-corrected chi connectivity index (χ3v) is 4.79. The van der Waals surface area contributed by atoms with Gasteiger partial charge in [-0.1, -0.05) is 24.9 Å². The molecule has 6 nitrogen and oxygen atoms in total. The highest BCUT2D eigenvalue weighted by atomic mass is 35.5. The van der Waals surface area contributed by atoms with Gasteiger partial charge in [-0.3, -0.25) is 9.69 Å². The van der Waals surface area contributed by atoms with E-state index in [0.29, 0.717) is 29.1 Å². The van der Waals surface area contributed by atoms with Gasteiger partial charge < -0.3 is 20.5 Å². The number of carbonyl (C=O) groups excluding carboxylic acids is 1. The summed E-state index contributed by atoms with van der Waals surface area (Å²) in [5.41, 5.74) is 6.12. The number of carbonyl (C=O) groups is 1. The van der Waals surface area contributed by atoms with Crippen LogP contribution < -0.4 is 20.5 Å². The summed E-state index contributed by atoms with van der Waals surface area (Å²) in [6.07, 6.45) is 3.84. The Morgan fingerprint density at radius 3 is 2.92 bits per heavy atom. The van der Waals surface area contributed by atoms with E-state index < -0.39 is 5.91 Å². The minimum absolute atomic E-state index is 0.234. The Morgan fingerprint density at radius 1 is 1.44 bits per heavy atom. The molecule has 0 spiro atoms. The number of halogens is 1. The highest BCUT2D eigenvalue weighted by Crippen LogP contribution is 2.36. The first-order valence-electron chi connectivity index (χ1n) is 8.77. The quantitative estimate of drug-likeness (QED) is 0.697. The fraction of sp³-hybridized carbons (Fsp3) is 0.611. The average molecular weight is 370 g/mol. The van der Waals surface area contributed by atoms with Crippen molar-refractivity contribution in [2.45, 2.75) is 38.8 Å². The highest BCUT2D eigenvalue weighted by molar-refractivity contribution is 6.32. The number of amides is 1. The number of benzene rings is 1. The minimum Gasteiger partial charge on any atom is -0.493 e. The molecule has 0 bridgehead atoms. The lowest BCUT2D eigenvalue weighted by molar-refractivity contribution is -0.119. The molecule has 7 heteroatoms.